The van der Waals surface area contributed by atoms with Gasteiger partial charge in [0, 0.05) is 9.92 Å². The van der Waals surface area contributed by atoms with Gasteiger partial charge in [-0.2, -0.15) is 0 Å². The zero-order valence-electron chi connectivity index (χ0n) is 12.7. The second-order valence-corrected chi connectivity index (χ2v) is 7.98. The molecule has 1 amide bonds. The van der Waals surface area contributed by atoms with Gasteiger partial charge in [0.1, 0.15) is 0 Å². The second-order valence-electron chi connectivity index (χ2n) is 5.49. The van der Waals surface area contributed by atoms with Crippen LogP contribution in [0.25, 0.3) is 0 Å². The first kappa shape index (κ1) is 18.4. The van der Waals surface area contributed by atoms with Crippen LogP contribution in [0.4, 0.5) is 5.69 Å². The van der Waals surface area contributed by atoms with Gasteiger partial charge in [-0.25, -0.2) is 0 Å². The van der Waals surface area contributed by atoms with Crippen molar-refractivity contribution in [3.63, 3.8) is 0 Å². The Balaban J connectivity index is 1.98. The van der Waals surface area contributed by atoms with Gasteiger partial charge in [-0.3, -0.25) is 9.59 Å². The van der Waals surface area contributed by atoms with E-state index in [1.165, 1.54) is 11.8 Å². The van der Waals surface area contributed by atoms with Crippen molar-refractivity contribution in [2.75, 3.05) is 4.90 Å². The normalized spacial score (nSPS) is 16.7. The highest BCUT2D eigenvalue weighted by molar-refractivity contribution is 8.01. The van der Waals surface area contributed by atoms with Crippen LogP contribution in [0.15, 0.2) is 41.3 Å². The second kappa shape index (κ2) is 7.46. The lowest BCUT2D eigenvalue weighted by atomic mass is 10.1. The zero-order valence-corrected chi connectivity index (χ0v) is 15.8. The number of hydrogen-bond acceptors (Lipinski definition) is 3. The largest absolute Gasteiger partial charge is 0.481 e. The number of amides is 1. The minimum Gasteiger partial charge on any atom is -0.481 e. The van der Waals surface area contributed by atoms with Crippen LogP contribution in [0, 0.1) is 0 Å². The molecule has 0 fully saturated rings. The molecule has 3 rings (SSSR count). The van der Waals surface area contributed by atoms with E-state index in [2.05, 4.69) is 0 Å². The average Bonchev–Trinajstić information content (AvgIpc) is 2.54. The molecule has 2 aromatic carbocycles. The van der Waals surface area contributed by atoms with Crippen LogP contribution in [-0.4, -0.2) is 22.2 Å². The molecular formula is C17H12Cl3NO3S. The topological polar surface area (TPSA) is 57.6 Å². The maximum absolute atomic E-state index is 12.8. The highest BCUT2D eigenvalue weighted by atomic mass is 35.5. The van der Waals surface area contributed by atoms with Crippen molar-refractivity contribution in [1.82, 2.24) is 0 Å². The Labute approximate surface area is 163 Å². The van der Waals surface area contributed by atoms with Crippen molar-refractivity contribution in [3.8, 4) is 0 Å². The van der Waals surface area contributed by atoms with Crippen LogP contribution < -0.4 is 4.90 Å². The number of nitrogens with zero attached hydrogens (tertiary/aromatic N) is 1. The van der Waals surface area contributed by atoms with Gasteiger partial charge in [0.15, 0.2) is 0 Å². The molecule has 2 aromatic rings. The van der Waals surface area contributed by atoms with Crippen LogP contribution in [0.5, 0.6) is 0 Å². The standard InChI is InChI=1S/C17H12Cl3NO3S/c18-10-2-4-13-14(6-10)25-15(7-16(22)23)17(24)21(13)8-9-1-3-11(19)12(20)5-9/h1-6,15H,7-8H2,(H,22,23). The minimum absolute atomic E-state index is 0.256. The summed E-state index contributed by atoms with van der Waals surface area (Å²) in [7, 11) is 0. The molecule has 8 heteroatoms. The molecule has 0 spiro atoms. The third-order valence-corrected chi connectivity index (χ3v) is 5.92. The zero-order chi connectivity index (χ0) is 18.1. The Hall–Kier alpha value is -1.40. The number of benzene rings is 2. The molecule has 1 N–H and O–H groups in total. The summed E-state index contributed by atoms with van der Waals surface area (Å²) >= 11 is 19.3. The van der Waals surface area contributed by atoms with Crippen molar-refractivity contribution in [2.45, 2.75) is 23.1 Å². The maximum atomic E-state index is 12.8. The van der Waals surface area contributed by atoms with Gasteiger partial charge < -0.3 is 10.0 Å². The molecule has 0 saturated heterocycles. The summed E-state index contributed by atoms with van der Waals surface area (Å²) < 4.78 is 0. The molecule has 0 bridgehead atoms. The van der Waals surface area contributed by atoms with Gasteiger partial charge in [-0.1, -0.05) is 40.9 Å². The minimum atomic E-state index is -1.02. The first-order valence-corrected chi connectivity index (χ1v) is 9.30. The quantitative estimate of drug-likeness (QED) is 0.751. The van der Waals surface area contributed by atoms with E-state index in [1.807, 2.05) is 0 Å². The lowest BCUT2D eigenvalue weighted by molar-refractivity contribution is -0.138. The Bertz CT molecular complexity index is 859. The van der Waals surface area contributed by atoms with E-state index in [0.717, 1.165) is 10.5 Å². The fourth-order valence-electron chi connectivity index (χ4n) is 2.57. The summed E-state index contributed by atoms with van der Waals surface area (Å²) in [5, 5.41) is 9.75. The average molecular weight is 417 g/mol. The number of hydrogen-bond donors (Lipinski definition) is 1. The van der Waals surface area contributed by atoms with E-state index >= 15 is 0 Å². The van der Waals surface area contributed by atoms with Crippen LogP contribution in [0.2, 0.25) is 15.1 Å². The van der Waals surface area contributed by atoms with Crippen LogP contribution in [-0.2, 0) is 16.1 Å². The highest BCUT2D eigenvalue weighted by Gasteiger charge is 2.35. The van der Waals surface area contributed by atoms with Gasteiger partial charge in [-0.15, -0.1) is 11.8 Å². The summed E-state index contributed by atoms with van der Waals surface area (Å²) in [6, 6.07) is 10.3. The van der Waals surface area contributed by atoms with Crippen LogP contribution >= 0.6 is 46.6 Å². The summed E-state index contributed by atoms with van der Waals surface area (Å²) in [4.78, 5) is 26.3. The monoisotopic (exact) mass is 415 g/mol. The maximum Gasteiger partial charge on any atom is 0.305 e. The number of carboxylic acids is 1. The van der Waals surface area contributed by atoms with Gasteiger partial charge in [0.25, 0.3) is 0 Å². The Morgan fingerprint density at radius 3 is 2.56 bits per heavy atom. The molecule has 0 saturated carbocycles. The summed E-state index contributed by atoms with van der Waals surface area (Å²) in [5.41, 5.74) is 1.50. The van der Waals surface area contributed by atoms with Crippen molar-refractivity contribution in [3.05, 3.63) is 57.0 Å². The molecule has 25 heavy (non-hydrogen) atoms. The van der Waals surface area contributed by atoms with Gasteiger partial charge in [0.05, 0.1) is 33.9 Å². The summed E-state index contributed by atoms with van der Waals surface area (Å²) in [5.74, 6) is -1.28. The number of aliphatic carboxylic acids is 1. The summed E-state index contributed by atoms with van der Waals surface area (Å²) in [6.07, 6.45) is -0.257. The third kappa shape index (κ3) is 4.06. The molecule has 1 heterocycles. The fourth-order valence-corrected chi connectivity index (χ4v) is 4.38. The first-order valence-electron chi connectivity index (χ1n) is 7.28. The van der Waals surface area contributed by atoms with E-state index in [0.29, 0.717) is 20.8 Å². The number of halogens is 3. The Kier molecular flexibility index (Phi) is 5.49. The van der Waals surface area contributed by atoms with Gasteiger partial charge >= 0.3 is 5.97 Å². The van der Waals surface area contributed by atoms with E-state index in [-0.39, 0.29) is 18.9 Å². The number of carbonyl (C=O) groups excluding carboxylic acids is 1. The predicted molar refractivity (Wildman–Crippen MR) is 101 cm³/mol. The Morgan fingerprint density at radius 2 is 1.88 bits per heavy atom. The number of anilines is 1. The fraction of sp³-hybridized carbons (Fsp3) is 0.176. The molecular weight excluding hydrogens is 405 g/mol. The molecule has 1 unspecified atom stereocenters. The van der Waals surface area contributed by atoms with E-state index < -0.39 is 11.2 Å². The number of fused-ring (bicyclic) bond motifs is 1. The lowest BCUT2D eigenvalue weighted by Gasteiger charge is -2.33. The molecule has 1 aliphatic rings. The van der Waals surface area contributed by atoms with Gasteiger partial charge in [-0.05, 0) is 35.9 Å². The number of rotatable bonds is 4. The predicted octanol–water partition coefficient (Wildman–Crippen LogP) is 5.13. The van der Waals surface area contributed by atoms with Crippen molar-refractivity contribution >= 4 is 64.1 Å². The smallest absolute Gasteiger partial charge is 0.305 e. The molecule has 0 aromatic heterocycles. The van der Waals surface area contributed by atoms with Crippen molar-refractivity contribution < 1.29 is 14.7 Å². The summed E-state index contributed by atoms with van der Waals surface area (Å²) in [6.45, 7) is 0.265. The molecule has 130 valence electrons. The van der Waals surface area contributed by atoms with Crippen molar-refractivity contribution in [1.29, 1.82) is 0 Å². The van der Waals surface area contributed by atoms with Crippen LogP contribution in [0.3, 0.4) is 0 Å². The van der Waals surface area contributed by atoms with Crippen LogP contribution in [0.1, 0.15) is 12.0 Å². The third-order valence-electron chi connectivity index (χ3n) is 3.71. The number of carbonyl (C=O) groups is 2. The van der Waals surface area contributed by atoms with E-state index in [9.17, 15) is 9.59 Å². The Morgan fingerprint density at radius 1 is 1.12 bits per heavy atom. The van der Waals surface area contributed by atoms with Crippen molar-refractivity contribution in [2.24, 2.45) is 0 Å². The molecule has 0 radical (unpaired) electrons. The first-order chi connectivity index (χ1) is 11.8. The lowest BCUT2D eigenvalue weighted by Crippen LogP contribution is -2.41. The molecule has 0 aliphatic carbocycles. The highest BCUT2D eigenvalue weighted by Crippen LogP contribution is 2.42. The molecule has 4 nitrogen and oxygen atoms in total. The number of thioether (sulfide) groups is 1. The molecule has 1 atom stereocenters. The van der Waals surface area contributed by atoms with Gasteiger partial charge in [0.2, 0.25) is 5.91 Å². The SMILES string of the molecule is O=C(O)CC1Sc2cc(Cl)ccc2N(Cc2ccc(Cl)c(Cl)c2)C1=O. The number of carboxylic acid groups (broad SMARTS) is 1. The van der Waals surface area contributed by atoms with E-state index in [4.69, 9.17) is 39.9 Å². The van der Waals surface area contributed by atoms with E-state index in [1.54, 1.807) is 41.3 Å². The molecule has 1 aliphatic heterocycles.